The molecular weight excluding hydrogens is 286 g/mol. The van der Waals surface area contributed by atoms with Gasteiger partial charge in [-0.1, -0.05) is 43.4 Å². The van der Waals surface area contributed by atoms with Crippen LogP contribution in [0.1, 0.15) is 18.4 Å². The number of fused-ring (bicyclic) bond motifs is 1. The standard InChI is InChI=1S/C20H17NS/c1-14-6-2-3-7-17(14)15-9-10-19-16(12-15)13-20(22-19)18-8-4-5-11-21-18/h2-14,17H,1H3. The third-order valence-electron chi connectivity index (χ3n) is 4.25. The molecule has 0 radical (unpaired) electrons. The number of nitrogens with zero attached hydrogens (tertiary/aromatic N) is 1. The van der Waals surface area contributed by atoms with Crippen LogP contribution in [0.15, 0.2) is 73.0 Å². The summed E-state index contributed by atoms with van der Waals surface area (Å²) < 4.78 is 1.33. The van der Waals surface area contributed by atoms with E-state index in [4.69, 9.17) is 0 Å². The van der Waals surface area contributed by atoms with Crippen LogP contribution in [0.5, 0.6) is 0 Å². The number of benzene rings is 1. The minimum Gasteiger partial charge on any atom is -0.255 e. The Morgan fingerprint density at radius 1 is 1.00 bits per heavy atom. The summed E-state index contributed by atoms with van der Waals surface area (Å²) in [6.07, 6.45) is 10.7. The number of hydrogen-bond acceptors (Lipinski definition) is 2. The van der Waals surface area contributed by atoms with Crippen molar-refractivity contribution in [2.75, 3.05) is 0 Å². The number of rotatable bonds is 2. The summed E-state index contributed by atoms with van der Waals surface area (Å²) in [4.78, 5) is 5.69. The highest BCUT2D eigenvalue weighted by Gasteiger charge is 2.17. The number of hydrogen-bond donors (Lipinski definition) is 0. The number of aromatic nitrogens is 1. The van der Waals surface area contributed by atoms with Gasteiger partial charge >= 0.3 is 0 Å². The summed E-state index contributed by atoms with van der Waals surface area (Å²) in [6.45, 7) is 2.28. The Labute approximate surface area is 134 Å². The number of thiophene rings is 1. The molecule has 1 aliphatic carbocycles. The largest absolute Gasteiger partial charge is 0.255 e. The third-order valence-corrected chi connectivity index (χ3v) is 5.39. The molecule has 0 saturated carbocycles. The van der Waals surface area contributed by atoms with Crippen molar-refractivity contribution in [3.05, 3.63) is 78.5 Å². The first kappa shape index (κ1) is 13.5. The van der Waals surface area contributed by atoms with E-state index in [1.165, 1.54) is 20.5 Å². The molecule has 0 spiro atoms. The molecule has 0 bridgehead atoms. The van der Waals surface area contributed by atoms with Crippen LogP contribution in [-0.4, -0.2) is 4.98 Å². The van der Waals surface area contributed by atoms with Crippen molar-refractivity contribution in [1.82, 2.24) is 4.98 Å². The van der Waals surface area contributed by atoms with Gasteiger partial charge in [0.15, 0.2) is 0 Å². The van der Waals surface area contributed by atoms with E-state index in [0.29, 0.717) is 11.8 Å². The van der Waals surface area contributed by atoms with Gasteiger partial charge < -0.3 is 0 Å². The molecule has 2 atom stereocenters. The van der Waals surface area contributed by atoms with Gasteiger partial charge in [0.25, 0.3) is 0 Å². The minimum absolute atomic E-state index is 0.479. The molecule has 0 N–H and O–H groups in total. The molecule has 22 heavy (non-hydrogen) atoms. The predicted molar refractivity (Wildman–Crippen MR) is 95.2 cm³/mol. The molecular formula is C20H17NS. The molecule has 0 aliphatic heterocycles. The maximum atomic E-state index is 4.46. The fourth-order valence-electron chi connectivity index (χ4n) is 3.04. The third kappa shape index (κ3) is 2.40. The molecule has 0 amide bonds. The Morgan fingerprint density at radius 3 is 2.73 bits per heavy atom. The molecule has 2 heteroatoms. The quantitative estimate of drug-likeness (QED) is 0.582. The van der Waals surface area contributed by atoms with E-state index >= 15 is 0 Å². The van der Waals surface area contributed by atoms with Gasteiger partial charge in [-0.2, -0.15) is 0 Å². The van der Waals surface area contributed by atoms with E-state index in [-0.39, 0.29) is 0 Å². The van der Waals surface area contributed by atoms with E-state index in [9.17, 15) is 0 Å². The van der Waals surface area contributed by atoms with Gasteiger partial charge in [-0.15, -0.1) is 11.3 Å². The van der Waals surface area contributed by atoms with Crippen molar-refractivity contribution in [3.8, 4) is 10.6 Å². The van der Waals surface area contributed by atoms with Crippen molar-refractivity contribution in [2.45, 2.75) is 12.8 Å². The van der Waals surface area contributed by atoms with Crippen LogP contribution in [0.25, 0.3) is 20.7 Å². The average Bonchev–Trinajstić information content (AvgIpc) is 2.99. The molecule has 4 rings (SSSR count). The van der Waals surface area contributed by atoms with Gasteiger partial charge in [-0.3, -0.25) is 4.98 Å². The molecule has 0 saturated heterocycles. The van der Waals surface area contributed by atoms with Crippen LogP contribution in [0.4, 0.5) is 0 Å². The zero-order valence-corrected chi connectivity index (χ0v) is 13.3. The molecule has 1 aliphatic rings. The Morgan fingerprint density at radius 2 is 1.91 bits per heavy atom. The lowest BCUT2D eigenvalue weighted by Gasteiger charge is -2.20. The highest BCUT2D eigenvalue weighted by atomic mass is 32.1. The SMILES string of the molecule is CC1C=CC=CC1c1ccc2sc(-c3ccccn3)cc2c1. The van der Waals surface area contributed by atoms with E-state index in [0.717, 1.165) is 5.69 Å². The fourth-order valence-corrected chi connectivity index (χ4v) is 4.06. The molecule has 1 aromatic carbocycles. The second-order valence-corrected chi connectivity index (χ2v) is 6.86. The van der Waals surface area contributed by atoms with Crippen molar-refractivity contribution in [1.29, 1.82) is 0 Å². The first-order valence-corrected chi connectivity index (χ1v) is 8.43. The van der Waals surface area contributed by atoms with Gasteiger partial charge in [0.1, 0.15) is 0 Å². The Balaban J connectivity index is 1.75. The van der Waals surface area contributed by atoms with Crippen LogP contribution < -0.4 is 0 Å². The molecule has 2 heterocycles. The summed E-state index contributed by atoms with van der Waals surface area (Å²) in [6, 6.07) is 15.2. The highest BCUT2D eigenvalue weighted by Crippen LogP contribution is 2.36. The first-order valence-electron chi connectivity index (χ1n) is 7.61. The second kappa shape index (κ2) is 5.54. The van der Waals surface area contributed by atoms with Gasteiger partial charge in [0.2, 0.25) is 0 Å². The lowest BCUT2D eigenvalue weighted by molar-refractivity contribution is 0.636. The fraction of sp³-hybridized carbons (Fsp3) is 0.150. The molecule has 0 fully saturated rings. The van der Waals surface area contributed by atoms with Gasteiger partial charge in [0, 0.05) is 16.8 Å². The van der Waals surface area contributed by atoms with E-state index in [1.54, 1.807) is 0 Å². The monoisotopic (exact) mass is 303 g/mol. The zero-order chi connectivity index (χ0) is 14.9. The van der Waals surface area contributed by atoms with Crippen molar-refractivity contribution < 1.29 is 0 Å². The Kier molecular flexibility index (Phi) is 3.39. The lowest BCUT2D eigenvalue weighted by Crippen LogP contribution is -2.06. The summed E-state index contributed by atoms with van der Waals surface area (Å²) in [5.74, 6) is 1.03. The average molecular weight is 303 g/mol. The molecule has 3 aromatic rings. The van der Waals surface area contributed by atoms with Crippen molar-refractivity contribution in [2.24, 2.45) is 5.92 Å². The van der Waals surface area contributed by atoms with Crippen LogP contribution >= 0.6 is 11.3 Å². The van der Waals surface area contributed by atoms with E-state index in [1.807, 2.05) is 29.7 Å². The number of allylic oxidation sites excluding steroid dienone is 4. The summed E-state index contributed by atoms with van der Waals surface area (Å²) in [5.41, 5.74) is 2.45. The molecule has 108 valence electrons. The maximum absolute atomic E-state index is 4.46. The summed E-state index contributed by atoms with van der Waals surface area (Å²) in [7, 11) is 0. The first-order chi connectivity index (χ1) is 10.8. The maximum Gasteiger partial charge on any atom is 0.0802 e. The Hall–Kier alpha value is -2.19. The Bertz CT molecular complexity index is 858. The van der Waals surface area contributed by atoms with Crippen LogP contribution in [0.3, 0.4) is 0 Å². The lowest BCUT2D eigenvalue weighted by atomic mass is 9.84. The van der Waals surface area contributed by atoms with Crippen LogP contribution in [0, 0.1) is 5.92 Å². The molecule has 2 unspecified atom stereocenters. The van der Waals surface area contributed by atoms with Crippen molar-refractivity contribution in [3.63, 3.8) is 0 Å². The highest BCUT2D eigenvalue weighted by molar-refractivity contribution is 7.22. The van der Waals surface area contributed by atoms with E-state index < -0.39 is 0 Å². The van der Waals surface area contributed by atoms with Crippen LogP contribution in [0.2, 0.25) is 0 Å². The minimum atomic E-state index is 0.479. The van der Waals surface area contributed by atoms with Crippen LogP contribution in [-0.2, 0) is 0 Å². The topological polar surface area (TPSA) is 12.9 Å². The summed E-state index contributed by atoms with van der Waals surface area (Å²) in [5, 5.41) is 1.32. The number of pyridine rings is 1. The molecule has 2 aromatic heterocycles. The van der Waals surface area contributed by atoms with Gasteiger partial charge in [-0.25, -0.2) is 0 Å². The second-order valence-electron chi connectivity index (χ2n) is 5.78. The predicted octanol–water partition coefficient (Wildman–Crippen LogP) is 5.81. The van der Waals surface area contributed by atoms with E-state index in [2.05, 4.69) is 66.5 Å². The van der Waals surface area contributed by atoms with Crippen molar-refractivity contribution >= 4 is 21.4 Å². The normalized spacial score (nSPS) is 20.6. The van der Waals surface area contributed by atoms with Gasteiger partial charge in [-0.05, 0) is 47.2 Å². The molecule has 1 nitrogen and oxygen atoms in total. The van der Waals surface area contributed by atoms with Gasteiger partial charge in [0.05, 0.1) is 10.6 Å². The summed E-state index contributed by atoms with van der Waals surface area (Å²) >= 11 is 1.81. The smallest absolute Gasteiger partial charge is 0.0802 e. The zero-order valence-electron chi connectivity index (χ0n) is 12.4.